The molecule has 0 saturated carbocycles. The van der Waals surface area contributed by atoms with E-state index in [1.54, 1.807) is 12.1 Å². The molecule has 0 aliphatic heterocycles. The van der Waals surface area contributed by atoms with Crippen LogP contribution in [0.25, 0.3) is 0 Å². The van der Waals surface area contributed by atoms with Crippen molar-refractivity contribution in [2.24, 2.45) is 0 Å². The van der Waals surface area contributed by atoms with Gasteiger partial charge in [0.25, 0.3) is 0 Å². The molecule has 4 aromatic carbocycles. The molecular weight excluding hydrogens is 536 g/mol. The second-order valence-electron chi connectivity index (χ2n) is 16.8. The third-order valence-electron chi connectivity index (χ3n) is 9.12. The van der Waals surface area contributed by atoms with Crippen molar-refractivity contribution >= 4 is 0 Å². The third-order valence-corrected chi connectivity index (χ3v) is 9.12. The Bertz CT molecular complexity index is 1480. The van der Waals surface area contributed by atoms with Crippen LogP contribution in [0.4, 0.5) is 0 Å². The molecule has 0 amide bonds. The van der Waals surface area contributed by atoms with Gasteiger partial charge in [0.15, 0.2) is 0 Å². The van der Waals surface area contributed by atoms with Crippen LogP contribution >= 0.6 is 0 Å². The molecule has 0 radical (unpaired) electrons. The standard InChI is InChI=1S/C42H54O2/c1-27-33(38(2,3)4)23-30(24-34(27)39(5,6)7)42(28-17-15-14-16-18-28,29-19-21-32(43)22-20-29)31-25-35(40(8,9)10)37(44)36(26-31)41(11,12)13/h14-26,43-44H,1-13H3. The lowest BCUT2D eigenvalue weighted by Crippen LogP contribution is -2.34. The molecule has 0 aliphatic carbocycles. The summed E-state index contributed by atoms with van der Waals surface area (Å²) in [5.74, 6) is 0.609. The average Bonchev–Trinajstić information content (AvgIpc) is 2.89. The van der Waals surface area contributed by atoms with E-state index in [1.165, 1.54) is 22.3 Å². The van der Waals surface area contributed by atoms with Crippen LogP contribution in [0.2, 0.25) is 0 Å². The van der Waals surface area contributed by atoms with Crippen LogP contribution in [0.1, 0.15) is 133 Å². The van der Waals surface area contributed by atoms with Gasteiger partial charge in [0.2, 0.25) is 0 Å². The van der Waals surface area contributed by atoms with Crippen molar-refractivity contribution in [1.29, 1.82) is 0 Å². The second kappa shape index (κ2) is 11.1. The van der Waals surface area contributed by atoms with E-state index in [0.29, 0.717) is 5.75 Å². The van der Waals surface area contributed by atoms with Gasteiger partial charge in [-0.15, -0.1) is 0 Å². The van der Waals surface area contributed by atoms with E-state index in [0.717, 1.165) is 27.8 Å². The smallest absolute Gasteiger partial charge is 0.123 e. The summed E-state index contributed by atoms with van der Waals surface area (Å²) >= 11 is 0. The van der Waals surface area contributed by atoms with Crippen LogP contribution in [-0.2, 0) is 27.1 Å². The maximum absolute atomic E-state index is 11.8. The topological polar surface area (TPSA) is 40.5 Å². The van der Waals surface area contributed by atoms with Gasteiger partial charge in [-0.25, -0.2) is 0 Å². The fourth-order valence-electron chi connectivity index (χ4n) is 6.88. The molecule has 0 aromatic heterocycles. The molecule has 0 spiro atoms. The lowest BCUT2D eigenvalue weighted by Gasteiger charge is -2.41. The molecule has 234 valence electrons. The zero-order valence-corrected chi connectivity index (χ0v) is 29.4. The lowest BCUT2D eigenvalue weighted by molar-refractivity contribution is 0.422. The minimum absolute atomic E-state index is 0.0838. The Kier molecular flexibility index (Phi) is 8.44. The Morgan fingerprint density at radius 1 is 0.409 bits per heavy atom. The van der Waals surface area contributed by atoms with Gasteiger partial charge in [-0.3, -0.25) is 0 Å². The Balaban J connectivity index is 2.38. The quantitative estimate of drug-likeness (QED) is 0.232. The van der Waals surface area contributed by atoms with Crippen molar-refractivity contribution in [2.45, 2.75) is 117 Å². The van der Waals surface area contributed by atoms with Gasteiger partial charge in [-0.2, -0.15) is 0 Å². The summed E-state index contributed by atoms with van der Waals surface area (Å²) in [5.41, 5.74) is 8.83. The summed E-state index contributed by atoms with van der Waals surface area (Å²) in [7, 11) is 0. The first-order chi connectivity index (χ1) is 20.1. The summed E-state index contributed by atoms with van der Waals surface area (Å²) < 4.78 is 0. The van der Waals surface area contributed by atoms with Gasteiger partial charge in [-0.05, 0) is 103 Å². The normalized spacial score (nSPS) is 14.4. The molecule has 4 aromatic rings. The number of phenols is 2. The van der Waals surface area contributed by atoms with E-state index in [2.05, 4.69) is 157 Å². The van der Waals surface area contributed by atoms with Gasteiger partial charge in [0, 0.05) is 0 Å². The van der Waals surface area contributed by atoms with E-state index >= 15 is 0 Å². The predicted octanol–water partition coefficient (Wildman–Crippen LogP) is 11.0. The van der Waals surface area contributed by atoms with E-state index in [1.807, 2.05) is 0 Å². The molecule has 0 heterocycles. The predicted molar refractivity (Wildman–Crippen MR) is 188 cm³/mol. The Hall–Kier alpha value is -3.52. The van der Waals surface area contributed by atoms with Gasteiger partial charge < -0.3 is 10.2 Å². The van der Waals surface area contributed by atoms with Gasteiger partial charge >= 0.3 is 0 Å². The molecule has 0 saturated heterocycles. The summed E-state index contributed by atoms with van der Waals surface area (Å²) in [6.07, 6.45) is 0. The molecular formula is C42H54O2. The molecule has 0 bridgehead atoms. The highest BCUT2D eigenvalue weighted by molar-refractivity contribution is 5.65. The van der Waals surface area contributed by atoms with Crippen LogP contribution in [0.5, 0.6) is 11.5 Å². The molecule has 2 heteroatoms. The Morgan fingerprint density at radius 3 is 1.11 bits per heavy atom. The fraction of sp³-hybridized carbons (Fsp3) is 0.429. The average molecular weight is 591 g/mol. The summed E-state index contributed by atoms with van der Waals surface area (Å²) in [6.45, 7) is 29.1. The SMILES string of the molecule is Cc1c(C(C)(C)C)cc(C(c2ccccc2)(c2ccc(O)cc2)c2cc(C(C)(C)C)c(O)c(C(C)(C)C)c2)cc1C(C)(C)C. The number of rotatable bonds is 4. The van der Waals surface area contributed by atoms with Crippen molar-refractivity contribution < 1.29 is 10.2 Å². The summed E-state index contributed by atoms with van der Waals surface area (Å²) in [5, 5.41) is 22.3. The van der Waals surface area contributed by atoms with Crippen molar-refractivity contribution in [3.63, 3.8) is 0 Å². The molecule has 44 heavy (non-hydrogen) atoms. The van der Waals surface area contributed by atoms with Crippen LogP contribution in [0, 0.1) is 6.92 Å². The highest BCUT2D eigenvalue weighted by atomic mass is 16.3. The number of phenolic OH excluding ortho intramolecular Hbond substituents is 2. The number of benzene rings is 4. The minimum atomic E-state index is -0.740. The van der Waals surface area contributed by atoms with Crippen molar-refractivity contribution in [2.75, 3.05) is 0 Å². The lowest BCUT2D eigenvalue weighted by atomic mass is 9.61. The molecule has 2 N–H and O–H groups in total. The maximum atomic E-state index is 11.8. The molecule has 2 nitrogen and oxygen atoms in total. The van der Waals surface area contributed by atoms with E-state index < -0.39 is 5.41 Å². The van der Waals surface area contributed by atoms with Crippen LogP contribution in [0.15, 0.2) is 78.9 Å². The highest BCUT2D eigenvalue weighted by Gasteiger charge is 2.42. The molecule has 0 aliphatic rings. The zero-order chi connectivity index (χ0) is 33.0. The van der Waals surface area contributed by atoms with Crippen LogP contribution in [0.3, 0.4) is 0 Å². The zero-order valence-electron chi connectivity index (χ0n) is 29.4. The maximum Gasteiger partial charge on any atom is 0.123 e. The first kappa shape index (κ1) is 33.4. The van der Waals surface area contributed by atoms with Crippen molar-refractivity contribution in [1.82, 2.24) is 0 Å². The number of aromatic hydroxyl groups is 2. The Labute approximate surface area is 267 Å². The highest BCUT2D eigenvalue weighted by Crippen LogP contribution is 2.51. The number of hydrogen-bond acceptors (Lipinski definition) is 2. The van der Waals surface area contributed by atoms with Gasteiger partial charge in [0.1, 0.15) is 11.5 Å². The van der Waals surface area contributed by atoms with E-state index in [9.17, 15) is 10.2 Å². The van der Waals surface area contributed by atoms with E-state index in [-0.39, 0.29) is 27.4 Å². The first-order valence-corrected chi connectivity index (χ1v) is 16.0. The molecule has 4 rings (SSSR count). The fourth-order valence-corrected chi connectivity index (χ4v) is 6.88. The molecule has 0 fully saturated rings. The third kappa shape index (κ3) is 6.06. The van der Waals surface area contributed by atoms with E-state index in [4.69, 9.17) is 0 Å². The van der Waals surface area contributed by atoms with Crippen molar-refractivity contribution in [3.05, 3.63) is 129 Å². The summed E-state index contributed by atoms with van der Waals surface area (Å²) in [6, 6.07) is 27.8. The second-order valence-corrected chi connectivity index (χ2v) is 16.8. The Morgan fingerprint density at radius 2 is 0.750 bits per heavy atom. The number of hydrogen-bond donors (Lipinski definition) is 2. The van der Waals surface area contributed by atoms with Gasteiger partial charge in [0.05, 0.1) is 5.41 Å². The summed E-state index contributed by atoms with van der Waals surface area (Å²) in [4.78, 5) is 0. The van der Waals surface area contributed by atoms with Crippen LogP contribution in [-0.4, -0.2) is 10.2 Å². The largest absolute Gasteiger partial charge is 0.508 e. The van der Waals surface area contributed by atoms with Crippen molar-refractivity contribution in [3.8, 4) is 11.5 Å². The molecule has 1 unspecified atom stereocenters. The molecule has 1 atom stereocenters. The minimum Gasteiger partial charge on any atom is -0.508 e. The van der Waals surface area contributed by atoms with Crippen LogP contribution < -0.4 is 0 Å². The monoisotopic (exact) mass is 590 g/mol. The van der Waals surface area contributed by atoms with Gasteiger partial charge in [-0.1, -0.05) is 138 Å². The first-order valence-electron chi connectivity index (χ1n) is 16.0.